The van der Waals surface area contributed by atoms with Gasteiger partial charge in [0.1, 0.15) is 0 Å². The topological polar surface area (TPSA) is 76.4 Å². The van der Waals surface area contributed by atoms with Crippen molar-refractivity contribution in [2.45, 2.75) is 31.8 Å². The predicted octanol–water partition coefficient (Wildman–Crippen LogP) is 3.56. The van der Waals surface area contributed by atoms with Crippen molar-refractivity contribution in [3.05, 3.63) is 65.7 Å². The van der Waals surface area contributed by atoms with Crippen LogP contribution in [-0.2, 0) is 13.0 Å². The largest absolute Gasteiger partial charge is 0.394 e. The molecule has 0 spiro atoms. The Morgan fingerprint density at radius 1 is 1.15 bits per heavy atom. The number of carbonyl (C=O) groups is 1. The van der Waals surface area contributed by atoms with Crippen LogP contribution < -0.4 is 5.32 Å². The maximum atomic E-state index is 12.9. The molecule has 5 heteroatoms. The second-order valence-electron chi connectivity index (χ2n) is 6.66. The fraction of sp³-hybridized carbons (Fsp3) is 0.333. The van der Waals surface area contributed by atoms with Crippen LogP contribution in [0.25, 0.3) is 0 Å². The summed E-state index contributed by atoms with van der Waals surface area (Å²) in [5, 5.41) is 21.5. The number of amides is 2. The van der Waals surface area contributed by atoms with E-state index in [1.54, 1.807) is 17.0 Å². The monoisotopic (exact) mass is 349 g/mol. The highest BCUT2D eigenvalue weighted by molar-refractivity contribution is 5.89. The van der Waals surface area contributed by atoms with Crippen molar-refractivity contribution < 1.29 is 9.90 Å². The number of nitrogens with zero attached hydrogens (tertiary/aromatic N) is 2. The zero-order chi connectivity index (χ0) is 18.4. The number of nitriles is 1. The average molecular weight is 349 g/mol. The molecule has 2 N–H and O–H groups in total. The van der Waals surface area contributed by atoms with Crippen molar-refractivity contribution in [3.8, 4) is 6.07 Å². The van der Waals surface area contributed by atoms with Crippen LogP contribution in [0.1, 0.15) is 24.0 Å². The Hall–Kier alpha value is -2.84. The lowest BCUT2D eigenvalue weighted by atomic mass is 10.1. The van der Waals surface area contributed by atoms with Crippen LogP contribution in [0.5, 0.6) is 0 Å². The number of urea groups is 1. The Bertz CT molecular complexity index is 764. The molecule has 1 aliphatic carbocycles. The molecule has 0 aliphatic heterocycles. The van der Waals surface area contributed by atoms with Gasteiger partial charge in [-0.15, -0.1) is 0 Å². The number of benzene rings is 2. The van der Waals surface area contributed by atoms with Crippen molar-refractivity contribution in [2.75, 3.05) is 11.9 Å². The van der Waals surface area contributed by atoms with Gasteiger partial charge in [0.15, 0.2) is 0 Å². The van der Waals surface area contributed by atoms with Gasteiger partial charge in [-0.05, 0) is 42.0 Å². The molecule has 1 aliphatic rings. The second kappa shape index (κ2) is 8.50. The van der Waals surface area contributed by atoms with Gasteiger partial charge in [-0.3, -0.25) is 0 Å². The van der Waals surface area contributed by atoms with Crippen LogP contribution in [0.15, 0.2) is 54.6 Å². The smallest absolute Gasteiger partial charge is 0.322 e. The summed E-state index contributed by atoms with van der Waals surface area (Å²) < 4.78 is 0. The van der Waals surface area contributed by atoms with Gasteiger partial charge in [-0.25, -0.2) is 4.79 Å². The zero-order valence-corrected chi connectivity index (χ0v) is 14.6. The molecule has 1 saturated carbocycles. The standard InChI is InChI=1S/C21H23N3O2/c22-13-12-16-6-10-19(11-7-16)23-21(26)24(20(15-25)18-8-9-18)14-17-4-2-1-3-5-17/h1-7,10-11,18,20,25H,8-9,12,14-15H2,(H,23,26). The molecule has 2 aromatic rings. The van der Waals surface area contributed by atoms with Crippen LogP contribution in [-0.4, -0.2) is 28.7 Å². The van der Waals surface area contributed by atoms with E-state index in [2.05, 4.69) is 11.4 Å². The first kappa shape index (κ1) is 18.0. The zero-order valence-electron chi connectivity index (χ0n) is 14.6. The van der Waals surface area contributed by atoms with E-state index in [9.17, 15) is 9.90 Å². The lowest BCUT2D eigenvalue weighted by molar-refractivity contribution is 0.124. The van der Waals surface area contributed by atoms with E-state index in [1.807, 2.05) is 42.5 Å². The number of rotatable bonds is 7. The minimum absolute atomic E-state index is 0.0357. The van der Waals surface area contributed by atoms with Gasteiger partial charge >= 0.3 is 6.03 Å². The fourth-order valence-corrected chi connectivity index (χ4v) is 3.10. The van der Waals surface area contributed by atoms with Gasteiger partial charge < -0.3 is 15.3 Å². The quantitative estimate of drug-likeness (QED) is 0.802. The fourth-order valence-electron chi connectivity index (χ4n) is 3.10. The van der Waals surface area contributed by atoms with E-state index >= 15 is 0 Å². The lowest BCUT2D eigenvalue weighted by Gasteiger charge is -2.31. The van der Waals surface area contributed by atoms with Crippen LogP contribution >= 0.6 is 0 Å². The van der Waals surface area contributed by atoms with Gasteiger partial charge in [0.25, 0.3) is 0 Å². The molecule has 1 fully saturated rings. The number of aliphatic hydroxyl groups excluding tert-OH is 1. The third kappa shape index (κ3) is 4.62. The maximum Gasteiger partial charge on any atom is 0.322 e. The minimum atomic E-state index is -0.215. The predicted molar refractivity (Wildman–Crippen MR) is 100 cm³/mol. The SMILES string of the molecule is N#CCc1ccc(NC(=O)N(Cc2ccccc2)C(CO)C2CC2)cc1. The first-order chi connectivity index (χ1) is 12.7. The van der Waals surface area contributed by atoms with E-state index in [1.165, 1.54) is 0 Å². The highest BCUT2D eigenvalue weighted by atomic mass is 16.3. The summed E-state index contributed by atoms with van der Waals surface area (Å²) >= 11 is 0. The number of hydrogen-bond acceptors (Lipinski definition) is 3. The molecule has 26 heavy (non-hydrogen) atoms. The molecule has 3 rings (SSSR count). The van der Waals surface area contributed by atoms with Crippen LogP contribution in [0.4, 0.5) is 10.5 Å². The maximum absolute atomic E-state index is 12.9. The van der Waals surface area contributed by atoms with Crippen LogP contribution in [0, 0.1) is 17.2 Å². The van der Waals surface area contributed by atoms with Crippen molar-refractivity contribution in [2.24, 2.45) is 5.92 Å². The number of nitrogens with one attached hydrogen (secondary N) is 1. The van der Waals surface area contributed by atoms with Crippen LogP contribution in [0.2, 0.25) is 0 Å². The van der Waals surface area contributed by atoms with Gasteiger partial charge in [-0.1, -0.05) is 42.5 Å². The molecule has 0 bridgehead atoms. The highest BCUT2D eigenvalue weighted by Crippen LogP contribution is 2.36. The Balaban J connectivity index is 1.74. The van der Waals surface area contributed by atoms with E-state index in [0.717, 1.165) is 24.0 Å². The molecule has 0 aromatic heterocycles. The summed E-state index contributed by atoms with van der Waals surface area (Å²) in [5.41, 5.74) is 2.63. The molecule has 5 nitrogen and oxygen atoms in total. The third-order valence-corrected chi connectivity index (χ3v) is 4.70. The van der Waals surface area contributed by atoms with Crippen molar-refractivity contribution in [3.63, 3.8) is 0 Å². The van der Waals surface area contributed by atoms with E-state index < -0.39 is 0 Å². The molecule has 0 saturated heterocycles. The molecule has 0 heterocycles. The number of hydrogen-bond donors (Lipinski definition) is 2. The minimum Gasteiger partial charge on any atom is -0.394 e. The Labute approximate surface area is 153 Å². The van der Waals surface area contributed by atoms with Crippen molar-refractivity contribution in [1.29, 1.82) is 5.26 Å². The molecule has 1 unspecified atom stereocenters. The van der Waals surface area contributed by atoms with Crippen molar-refractivity contribution >= 4 is 11.7 Å². The van der Waals surface area contributed by atoms with Gasteiger partial charge in [-0.2, -0.15) is 5.26 Å². The molecule has 0 radical (unpaired) electrons. The second-order valence-corrected chi connectivity index (χ2v) is 6.66. The van der Waals surface area contributed by atoms with E-state index in [4.69, 9.17) is 5.26 Å². The third-order valence-electron chi connectivity index (χ3n) is 4.70. The van der Waals surface area contributed by atoms with Crippen LogP contribution in [0.3, 0.4) is 0 Å². The van der Waals surface area contributed by atoms with E-state index in [0.29, 0.717) is 24.6 Å². The first-order valence-electron chi connectivity index (χ1n) is 8.89. The summed E-state index contributed by atoms with van der Waals surface area (Å²) in [7, 11) is 0. The summed E-state index contributed by atoms with van der Waals surface area (Å²) in [6, 6.07) is 18.8. The summed E-state index contributed by atoms with van der Waals surface area (Å²) in [6.07, 6.45) is 2.45. The summed E-state index contributed by atoms with van der Waals surface area (Å²) in [4.78, 5) is 14.6. The Kier molecular flexibility index (Phi) is 5.88. The average Bonchev–Trinajstić information content (AvgIpc) is 3.49. The molecular weight excluding hydrogens is 326 g/mol. The lowest BCUT2D eigenvalue weighted by Crippen LogP contribution is -2.45. The van der Waals surface area contributed by atoms with Crippen molar-refractivity contribution in [1.82, 2.24) is 4.90 Å². The van der Waals surface area contributed by atoms with Gasteiger partial charge in [0, 0.05) is 12.2 Å². The molecule has 134 valence electrons. The summed E-state index contributed by atoms with van der Waals surface area (Å²) in [5.74, 6) is 0.368. The van der Waals surface area contributed by atoms with Gasteiger partial charge in [0.05, 0.1) is 25.1 Å². The molecule has 2 aromatic carbocycles. The number of anilines is 1. The highest BCUT2D eigenvalue weighted by Gasteiger charge is 2.37. The molecule has 1 atom stereocenters. The van der Waals surface area contributed by atoms with Gasteiger partial charge in [0.2, 0.25) is 0 Å². The Morgan fingerprint density at radius 2 is 1.85 bits per heavy atom. The first-order valence-corrected chi connectivity index (χ1v) is 8.89. The molecule has 2 amide bonds. The number of aliphatic hydroxyl groups is 1. The van der Waals surface area contributed by atoms with E-state index in [-0.39, 0.29) is 18.7 Å². The normalized spacial score (nSPS) is 14.3. The summed E-state index contributed by atoms with van der Waals surface area (Å²) in [6.45, 7) is 0.424. The molecular formula is C21H23N3O2. The number of carbonyl (C=O) groups excluding carboxylic acids is 1. The Morgan fingerprint density at radius 3 is 2.42 bits per heavy atom.